The predicted molar refractivity (Wildman–Crippen MR) is 142 cm³/mol. The molecule has 0 atom stereocenters. The number of hydrogen-bond acceptors (Lipinski definition) is 4. The summed E-state index contributed by atoms with van der Waals surface area (Å²) in [6.07, 6.45) is 2.08. The molecule has 2 amide bonds. The molecule has 3 aromatic carbocycles. The van der Waals surface area contributed by atoms with Crippen molar-refractivity contribution in [3.63, 3.8) is 0 Å². The van der Waals surface area contributed by atoms with Crippen molar-refractivity contribution in [2.45, 2.75) is 18.8 Å². The zero-order valence-electron chi connectivity index (χ0n) is 20.2. The summed E-state index contributed by atoms with van der Waals surface area (Å²) in [5.41, 5.74) is 4.78. The zero-order chi connectivity index (χ0) is 24.9. The molecule has 7 heteroatoms. The molecule has 0 bridgehead atoms. The molecule has 36 heavy (non-hydrogen) atoms. The van der Waals surface area contributed by atoms with Gasteiger partial charge >= 0.3 is 0 Å². The van der Waals surface area contributed by atoms with Gasteiger partial charge in [0.25, 0.3) is 11.8 Å². The monoisotopic (exact) mass is 479 g/mol. The van der Waals surface area contributed by atoms with Crippen molar-refractivity contribution in [3.8, 4) is 11.3 Å². The third-order valence-electron chi connectivity index (χ3n) is 6.58. The minimum Gasteiger partial charge on any atom is -0.322 e. The van der Waals surface area contributed by atoms with E-state index in [2.05, 4.69) is 27.1 Å². The largest absolute Gasteiger partial charge is 0.322 e. The second-order valence-electron chi connectivity index (χ2n) is 9.00. The van der Waals surface area contributed by atoms with Crippen LogP contribution in [-0.2, 0) is 7.05 Å². The first kappa shape index (κ1) is 23.5. The summed E-state index contributed by atoms with van der Waals surface area (Å²) in [6.45, 7) is 1.96. The van der Waals surface area contributed by atoms with Gasteiger partial charge in [0.2, 0.25) is 0 Å². The fraction of sp³-hybridized carbons (Fsp3) is 0.207. The highest BCUT2D eigenvalue weighted by Gasteiger charge is 2.21. The molecule has 1 aliphatic heterocycles. The highest BCUT2D eigenvalue weighted by atomic mass is 16.2. The Balaban J connectivity index is 1.28. The molecule has 0 aliphatic carbocycles. The minimum atomic E-state index is -0.187. The van der Waals surface area contributed by atoms with E-state index in [0.29, 0.717) is 17.3 Å². The van der Waals surface area contributed by atoms with Gasteiger partial charge < -0.3 is 16.0 Å². The van der Waals surface area contributed by atoms with Gasteiger partial charge in [-0.2, -0.15) is 5.10 Å². The Labute approximate surface area is 210 Å². The second kappa shape index (κ2) is 10.6. The number of amides is 2. The van der Waals surface area contributed by atoms with Crippen molar-refractivity contribution in [3.05, 3.63) is 102 Å². The number of aryl methyl sites for hydroxylation is 1. The highest BCUT2D eigenvalue weighted by Crippen LogP contribution is 2.29. The Morgan fingerprint density at radius 1 is 0.861 bits per heavy atom. The van der Waals surface area contributed by atoms with Gasteiger partial charge in [0.15, 0.2) is 0 Å². The maximum atomic E-state index is 13.1. The Kier molecular flexibility index (Phi) is 6.91. The Bertz CT molecular complexity index is 1360. The summed E-state index contributed by atoms with van der Waals surface area (Å²) in [7, 11) is 1.79. The lowest BCUT2D eigenvalue weighted by molar-refractivity contribution is 0.101. The lowest BCUT2D eigenvalue weighted by Gasteiger charge is -2.24. The van der Waals surface area contributed by atoms with Crippen LogP contribution in [0.2, 0.25) is 0 Å². The molecule has 4 aromatic rings. The molecule has 0 saturated carbocycles. The number of piperidine rings is 1. The average molecular weight is 480 g/mol. The van der Waals surface area contributed by atoms with Crippen molar-refractivity contribution in [2.24, 2.45) is 7.05 Å². The van der Waals surface area contributed by atoms with Crippen LogP contribution in [0.3, 0.4) is 0 Å². The van der Waals surface area contributed by atoms with Gasteiger partial charge in [-0.05, 0) is 67.7 Å². The van der Waals surface area contributed by atoms with E-state index < -0.39 is 0 Å². The molecule has 0 spiro atoms. The smallest absolute Gasteiger partial charge is 0.256 e. The molecule has 1 saturated heterocycles. The van der Waals surface area contributed by atoms with Gasteiger partial charge in [-0.15, -0.1) is 0 Å². The standard InChI is InChI=1S/C29H29N5O2/c1-34-27(32-28(35)22-7-3-2-4-8-22)19-26(33-34)21-11-13-23(14-12-21)31-29(36)25-10-6-5-9-24(25)20-15-17-30-18-16-20/h2-14,19-20,30H,15-18H2,1H3,(H,31,36)(H,32,35). The normalized spacial score (nSPS) is 13.8. The lowest BCUT2D eigenvalue weighted by atomic mass is 9.87. The summed E-state index contributed by atoms with van der Waals surface area (Å²) >= 11 is 0. The van der Waals surface area contributed by atoms with Gasteiger partial charge in [-0.25, -0.2) is 0 Å². The molecule has 182 valence electrons. The number of aromatic nitrogens is 2. The van der Waals surface area contributed by atoms with Gasteiger partial charge in [0.1, 0.15) is 5.82 Å². The van der Waals surface area contributed by atoms with E-state index in [1.165, 1.54) is 0 Å². The Morgan fingerprint density at radius 3 is 2.31 bits per heavy atom. The summed E-state index contributed by atoms with van der Waals surface area (Å²) in [4.78, 5) is 25.6. The zero-order valence-corrected chi connectivity index (χ0v) is 20.2. The maximum absolute atomic E-state index is 13.1. The van der Waals surface area contributed by atoms with Crippen LogP contribution in [0.1, 0.15) is 45.0 Å². The Hall–Kier alpha value is -4.23. The van der Waals surface area contributed by atoms with E-state index >= 15 is 0 Å². The maximum Gasteiger partial charge on any atom is 0.256 e. The van der Waals surface area contributed by atoms with Crippen LogP contribution in [0.5, 0.6) is 0 Å². The van der Waals surface area contributed by atoms with Crippen molar-refractivity contribution >= 4 is 23.3 Å². The molecule has 3 N–H and O–H groups in total. The number of nitrogens with one attached hydrogen (secondary N) is 3. The summed E-state index contributed by atoms with van der Waals surface area (Å²) in [5, 5.41) is 13.9. The first-order valence-corrected chi connectivity index (χ1v) is 12.2. The summed E-state index contributed by atoms with van der Waals surface area (Å²) in [6, 6.07) is 26.4. The molecule has 7 nitrogen and oxygen atoms in total. The van der Waals surface area contributed by atoms with Crippen LogP contribution in [-0.4, -0.2) is 34.7 Å². The van der Waals surface area contributed by atoms with Crippen LogP contribution in [0, 0.1) is 0 Å². The third-order valence-corrected chi connectivity index (χ3v) is 6.58. The van der Waals surface area contributed by atoms with Crippen LogP contribution in [0.4, 0.5) is 11.5 Å². The van der Waals surface area contributed by atoms with Crippen molar-refractivity contribution in [1.82, 2.24) is 15.1 Å². The van der Waals surface area contributed by atoms with Crippen LogP contribution < -0.4 is 16.0 Å². The molecule has 1 aliphatic rings. The Morgan fingerprint density at radius 2 is 1.56 bits per heavy atom. The highest BCUT2D eigenvalue weighted by molar-refractivity contribution is 6.05. The third kappa shape index (κ3) is 5.21. The first-order valence-electron chi connectivity index (χ1n) is 12.2. The fourth-order valence-electron chi connectivity index (χ4n) is 4.62. The number of carbonyl (C=O) groups excluding carboxylic acids is 2. The molecular weight excluding hydrogens is 450 g/mol. The van der Waals surface area contributed by atoms with E-state index in [1.807, 2.05) is 66.7 Å². The number of anilines is 2. The van der Waals surface area contributed by atoms with Gasteiger partial charge in [0.05, 0.1) is 5.69 Å². The number of hydrogen-bond donors (Lipinski definition) is 3. The van der Waals surface area contributed by atoms with E-state index in [-0.39, 0.29) is 11.8 Å². The number of benzene rings is 3. The van der Waals surface area contributed by atoms with E-state index in [4.69, 9.17) is 0 Å². The topological polar surface area (TPSA) is 88.1 Å². The van der Waals surface area contributed by atoms with E-state index in [9.17, 15) is 9.59 Å². The SMILES string of the molecule is Cn1nc(-c2ccc(NC(=O)c3ccccc3C3CCNCC3)cc2)cc1NC(=O)c1ccccc1. The summed E-state index contributed by atoms with van der Waals surface area (Å²) in [5.74, 6) is 0.718. The fourth-order valence-corrected chi connectivity index (χ4v) is 4.62. The molecule has 2 heterocycles. The predicted octanol–water partition coefficient (Wildman–Crippen LogP) is 5.06. The van der Waals surface area contributed by atoms with Gasteiger partial charge in [-0.3, -0.25) is 14.3 Å². The van der Waals surface area contributed by atoms with E-state index in [0.717, 1.165) is 54.0 Å². The first-order chi connectivity index (χ1) is 17.6. The average Bonchev–Trinajstić information content (AvgIpc) is 3.29. The molecule has 0 unspecified atom stereocenters. The lowest BCUT2D eigenvalue weighted by Crippen LogP contribution is -2.28. The van der Waals surface area contributed by atoms with E-state index in [1.54, 1.807) is 23.9 Å². The molecule has 0 radical (unpaired) electrons. The molecule has 1 aromatic heterocycles. The molecular formula is C29H29N5O2. The van der Waals surface area contributed by atoms with Gasteiger partial charge in [-0.1, -0.05) is 48.5 Å². The molecule has 1 fully saturated rings. The number of nitrogens with zero attached hydrogens (tertiary/aromatic N) is 2. The van der Waals surface area contributed by atoms with Gasteiger partial charge in [0, 0.05) is 35.5 Å². The minimum absolute atomic E-state index is 0.0966. The summed E-state index contributed by atoms with van der Waals surface area (Å²) < 4.78 is 1.64. The van der Waals surface area contributed by atoms with Crippen LogP contribution >= 0.6 is 0 Å². The van der Waals surface area contributed by atoms with Crippen LogP contribution in [0.25, 0.3) is 11.3 Å². The number of carbonyl (C=O) groups is 2. The molecule has 5 rings (SSSR count). The van der Waals surface area contributed by atoms with Crippen molar-refractivity contribution < 1.29 is 9.59 Å². The quantitative estimate of drug-likeness (QED) is 0.361. The second-order valence-corrected chi connectivity index (χ2v) is 9.00. The van der Waals surface area contributed by atoms with Crippen LogP contribution in [0.15, 0.2) is 84.9 Å². The van der Waals surface area contributed by atoms with Crippen molar-refractivity contribution in [1.29, 1.82) is 0 Å². The van der Waals surface area contributed by atoms with Crippen molar-refractivity contribution in [2.75, 3.05) is 23.7 Å². The number of rotatable bonds is 6.